The Labute approximate surface area is 152 Å². The third-order valence-electron chi connectivity index (χ3n) is 3.34. The molecule has 8 heteroatoms. The van der Waals surface area contributed by atoms with Crippen molar-refractivity contribution in [2.75, 3.05) is 26.5 Å². The van der Waals surface area contributed by atoms with Gasteiger partial charge in [-0.2, -0.15) is 0 Å². The standard InChI is InChI=1S/C17H20N2O4S2/c1-13(20)15-6-4-5-7-16(15)23-10-11-24-17-9-8-14(12-18-17)25(21,22)19(2)3/h4-9,12H,10-11H2,1-3H3. The summed E-state index contributed by atoms with van der Waals surface area (Å²) in [6.07, 6.45) is 1.35. The Hall–Kier alpha value is -1.90. The van der Waals surface area contributed by atoms with Crippen molar-refractivity contribution < 1.29 is 17.9 Å². The molecule has 0 aliphatic carbocycles. The summed E-state index contributed by atoms with van der Waals surface area (Å²) in [5.74, 6) is 1.15. The number of carbonyl (C=O) groups excluding carboxylic acids is 1. The summed E-state index contributed by atoms with van der Waals surface area (Å²) >= 11 is 1.45. The third kappa shape index (κ3) is 5.04. The maximum Gasteiger partial charge on any atom is 0.244 e. The number of Topliss-reactive ketones (excluding diaryl/α,β-unsaturated/α-hetero) is 1. The molecule has 0 atom stereocenters. The first kappa shape index (κ1) is 19.4. The number of sulfonamides is 1. The monoisotopic (exact) mass is 380 g/mol. The number of pyridine rings is 1. The number of para-hydroxylation sites is 1. The number of nitrogens with zero attached hydrogens (tertiary/aromatic N) is 2. The first-order chi connectivity index (χ1) is 11.8. The van der Waals surface area contributed by atoms with Crippen LogP contribution in [-0.2, 0) is 10.0 Å². The normalized spacial score (nSPS) is 11.5. The number of hydrogen-bond donors (Lipinski definition) is 0. The van der Waals surface area contributed by atoms with Gasteiger partial charge >= 0.3 is 0 Å². The van der Waals surface area contributed by atoms with Crippen molar-refractivity contribution in [3.63, 3.8) is 0 Å². The first-order valence-electron chi connectivity index (χ1n) is 7.56. The highest BCUT2D eigenvalue weighted by Crippen LogP contribution is 2.21. The number of hydrogen-bond acceptors (Lipinski definition) is 6. The molecule has 6 nitrogen and oxygen atoms in total. The molecule has 1 aromatic heterocycles. The van der Waals surface area contributed by atoms with Crippen molar-refractivity contribution in [3.8, 4) is 5.75 Å². The lowest BCUT2D eigenvalue weighted by Crippen LogP contribution is -2.22. The summed E-state index contributed by atoms with van der Waals surface area (Å²) in [6, 6.07) is 10.3. The van der Waals surface area contributed by atoms with Crippen molar-refractivity contribution in [1.29, 1.82) is 0 Å². The molecule has 0 saturated carbocycles. The lowest BCUT2D eigenvalue weighted by atomic mass is 10.1. The Bertz CT molecular complexity index is 834. The van der Waals surface area contributed by atoms with Gasteiger partial charge < -0.3 is 4.74 Å². The molecule has 0 spiro atoms. The predicted molar refractivity (Wildman–Crippen MR) is 97.8 cm³/mol. The van der Waals surface area contributed by atoms with Gasteiger partial charge in [-0.15, -0.1) is 11.8 Å². The van der Waals surface area contributed by atoms with Gasteiger partial charge in [0.15, 0.2) is 5.78 Å². The van der Waals surface area contributed by atoms with Gasteiger partial charge in [-0.1, -0.05) is 12.1 Å². The summed E-state index contributed by atoms with van der Waals surface area (Å²) < 4.78 is 30.8. The van der Waals surface area contributed by atoms with E-state index in [1.807, 2.05) is 6.07 Å². The van der Waals surface area contributed by atoms with E-state index in [1.165, 1.54) is 45.0 Å². The van der Waals surface area contributed by atoms with E-state index in [2.05, 4.69) is 4.98 Å². The molecule has 2 rings (SSSR count). The van der Waals surface area contributed by atoms with Gasteiger partial charge in [-0.3, -0.25) is 4.79 Å². The average Bonchev–Trinajstić information content (AvgIpc) is 2.59. The average molecular weight is 380 g/mol. The molecule has 0 amide bonds. The molecule has 0 N–H and O–H groups in total. The van der Waals surface area contributed by atoms with Gasteiger partial charge in [0, 0.05) is 26.0 Å². The topological polar surface area (TPSA) is 76.6 Å². The molecule has 0 unspecified atom stereocenters. The van der Waals surface area contributed by atoms with Crippen LogP contribution in [0.4, 0.5) is 0 Å². The Balaban J connectivity index is 1.90. The molecule has 0 radical (unpaired) electrons. The fourth-order valence-electron chi connectivity index (χ4n) is 2.00. The molecule has 25 heavy (non-hydrogen) atoms. The van der Waals surface area contributed by atoms with E-state index in [0.717, 1.165) is 4.31 Å². The third-order valence-corrected chi connectivity index (χ3v) is 6.05. The van der Waals surface area contributed by atoms with Crippen LogP contribution < -0.4 is 4.74 Å². The second-order valence-electron chi connectivity index (χ2n) is 5.37. The van der Waals surface area contributed by atoms with Crippen molar-refractivity contribution >= 4 is 27.6 Å². The zero-order chi connectivity index (χ0) is 18.4. The van der Waals surface area contributed by atoms with E-state index < -0.39 is 10.0 Å². The fraction of sp³-hybridized carbons (Fsp3) is 0.294. The van der Waals surface area contributed by atoms with Gasteiger partial charge in [0.2, 0.25) is 10.0 Å². The van der Waals surface area contributed by atoms with Crippen LogP contribution in [0.25, 0.3) is 0 Å². The second kappa shape index (κ2) is 8.46. The van der Waals surface area contributed by atoms with E-state index in [9.17, 15) is 13.2 Å². The van der Waals surface area contributed by atoms with Crippen molar-refractivity contribution in [2.24, 2.45) is 0 Å². The molecule has 2 aromatic rings. The van der Waals surface area contributed by atoms with Gasteiger partial charge in [0.05, 0.1) is 17.2 Å². The fourth-order valence-corrected chi connectivity index (χ4v) is 3.51. The number of ketones is 1. The molecule has 0 bridgehead atoms. The molecular formula is C17H20N2O4S2. The van der Waals surface area contributed by atoms with Crippen molar-refractivity contribution in [3.05, 3.63) is 48.2 Å². The first-order valence-corrected chi connectivity index (χ1v) is 9.99. The number of aromatic nitrogens is 1. The lowest BCUT2D eigenvalue weighted by molar-refractivity contribution is 0.101. The van der Waals surface area contributed by atoms with E-state index in [0.29, 0.717) is 28.7 Å². The van der Waals surface area contributed by atoms with E-state index in [1.54, 1.807) is 24.3 Å². The minimum Gasteiger partial charge on any atom is -0.492 e. The molecule has 1 aromatic carbocycles. The van der Waals surface area contributed by atoms with Crippen LogP contribution in [0.2, 0.25) is 0 Å². The smallest absolute Gasteiger partial charge is 0.244 e. The summed E-state index contributed by atoms with van der Waals surface area (Å²) in [6.45, 7) is 1.92. The summed E-state index contributed by atoms with van der Waals surface area (Å²) in [7, 11) is -0.502. The Morgan fingerprint density at radius 3 is 2.52 bits per heavy atom. The largest absolute Gasteiger partial charge is 0.492 e. The van der Waals surface area contributed by atoms with E-state index in [4.69, 9.17) is 4.74 Å². The lowest BCUT2D eigenvalue weighted by Gasteiger charge is -2.11. The van der Waals surface area contributed by atoms with Crippen molar-refractivity contribution in [2.45, 2.75) is 16.8 Å². The van der Waals surface area contributed by atoms with Gasteiger partial charge in [0.25, 0.3) is 0 Å². The zero-order valence-corrected chi connectivity index (χ0v) is 15.9. The Kier molecular flexibility index (Phi) is 6.57. The van der Waals surface area contributed by atoms with Gasteiger partial charge in [-0.05, 0) is 31.2 Å². The second-order valence-corrected chi connectivity index (χ2v) is 8.64. The molecule has 0 aliphatic rings. The predicted octanol–water partition coefficient (Wildman–Crippen LogP) is 2.71. The summed E-state index contributed by atoms with van der Waals surface area (Å²) in [5, 5.41) is 0.709. The summed E-state index contributed by atoms with van der Waals surface area (Å²) in [5.41, 5.74) is 0.559. The number of carbonyl (C=O) groups is 1. The van der Waals surface area contributed by atoms with E-state index in [-0.39, 0.29) is 10.7 Å². The highest BCUT2D eigenvalue weighted by molar-refractivity contribution is 7.99. The van der Waals surface area contributed by atoms with E-state index >= 15 is 0 Å². The SMILES string of the molecule is CC(=O)c1ccccc1OCCSc1ccc(S(=O)(=O)N(C)C)cn1. The maximum absolute atomic E-state index is 12.0. The highest BCUT2D eigenvalue weighted by atomic mass is 32.2. The maximum atomic E-state index is 12.0. The quantitative estimate of drug-likeness (QED) is 0.398. The van der Waals surface area contributed by atoms with Gasteiger partial charge in [-0.25, -0.2) is 17.7 Å². The Morgan fingerprint density at radius 2 is 1.92 bits per heavy atom. The number of rotatable bonds is 8. The molecule has 0 saturated heterocycles. The molecule has 0 fully saturated rings. The van der Waals surface area contributed by atoms with Crippen LogP contribution in [0.1, 0.15) is 17.3 Å². The van der Waals surface area contributed by atoms with Crippen LogP contribution in [0.15, 0.2) is 52.5 Å². The Morgan fingerprint density at radius 1 is 1.20 bits per heavy atom. The van der Waals surface area contributed by atoms with Crippen LogP contribution in [0, 0.1) is 0 Å². The van der Waals surface area contributed by atoms with Crippen LogP contribution in [0.3, 0.4) is 0 Å². The molecular weight excluding hydrogens is 360 g/mol. The van der Waals surface area contributed by atoms with Gasteiger partial charge in [0.1, 0.15) is 10.6 Å². The molecule has 0 aliphatic heterocycles. The van der Waals surface area contributed by atoms with Crippen LogP contribution in [0.5, 0.6) is 5.75 Å². The zero-order valence-electron chi connectivity index (χ0n) is 14.3. The highest BCUT2D eigenvalue weighted by Gasteiger charge is 2.17. The van der Waals surface area contributed by atoms with Crippen molar-refractivity contribution in [1.82, 2.24) is 9.29 Å². The number of benzene rings is 1. The number of thioether (sulfide) groups is 1. The number of ether oxygens (including phenoxy) is 1. The minimum atomic E-state index is -3.46. The van der Waals surface area contributed by atoms with Crippen LogP contribution in [-0.4, -0.2) is 49.9 Å². The summed E-state index contributed by atoms with van der Waals surface area (Å²) in [4.78, 5) is 15.9. The molecule has 1 heterocycles. The molecule has 134 valence electrons. The minimum absolute atomic E-state index is 0.0393. The van der Waals surface area contributed by atoms with Crippen LogP contribution >= 0.6 is 11.8 Å².